The van der Waals surface area contributed by atoms with Crippen molar-refractivity contribution in [3.05, 3.63) is 142 Å². The van der Waals surface area contributed by atoms with Crippen LogP contribution in [0.3, 0.4) is 0 Å². The van der Waals surface area contributed by atoms with E-state index in [0.29, 0.717) is 48.5 Å². The lowest BCUT2D eigenvalue weighted by Gasteiger charge is -2.47. The number of pyridine rings is 1. The quantitative estimate of drug-likeness (QED) is 0.105. The maximum absolute atomic E-state index is 12.0. The van der Waals surface area contributed by atoms with E-state index in [2.05, 4.69) is 54.1 Å². The van der Waals surface area contributed by atoms with Crippen molar-refractivity contribution in [2.45, 2.75) is 44.5 Å². The first-order valence-corrected chi connectivity index (χ1v) is 17.5. The normalized spacial score (nSPS) is 21.1. The molecule has 1 aliphatic heterocycles. The first kappa shape index (κ1) is 36.0. The van der Waals surface area contributed by atoms with Gasteiger partial charge in [0.15, 0.2) is 6.29 Å². The molecule has 4 aromatic rings. The maximum atomic E-state index is 12.0. The molecule has 51 heavy (non-hydrogen) atoms. The molecule has 262 valence electrons. The van der Waals surface area contributed by atoms with E-state index in [1.165, 1.54) is 12.3 Å². The molecule has 2 atom stereocenters. The number of hydrogen-bond acceptors (Lipinski definition) is 8. The number of nitriles is 1. The Bertz CT molecular complexity index is 1940. The minimum atomic E-state index is -0.889. The van der Waals surface area contributed by atoms with Gasteiger partial charge in [-0.1, -0.05) is 98.3 Å². The number of hydrogen-bond donors (Lipinski definition) is 1. The molecule has 1 aliphatic carbocycles. The number of nitrogens with zero attached hydrogens (tertiary/aromatic N) is 3. The molecule has 9 heteroatoms. The molecule has 1 N–H and O–H groups in total. The highest BCUT2D eigenvalue weighted by molar-refractivity contribution is 6.32. The average Bonchev–Trinajstić information content (AvgIpc) is 3.55. The summed E-state index contributed by atoms with van der Waals surface area (Å²) >= 11 is 6.68. The van der Waals surface area contributed by atoms with Crippen LogP contribution in [0, 0.1) is 16.7 Å². The number of allylic oxidation sites excluding steroid dienone is 2. The first-order valence-electron chi connectivity index (χ1n) is 17.1. The number of likely N-dealkylation sites (tertiary alicyclic amines) is 1. The van der Waals surface area contributed by atoms with Gasteiger partial charge in [0.1, 0.15) is 42.0 Å². The Hall–Kier alpha value is -4.78. The van der Waals surface area contributed by atoms with Crippen LogP contribution in [-0.4, -0.2) is 59.7 Å². The predicted molar refractivity (Wildman–Crippen MR) is 198 cm³/mol. The van der Waals surface area contributed by atoms with Crippen LogP contribution in [0.2, 0.25) is 5.02 Å². The number of aromatic nitrogens is 1. The van der Waals surface area contributed by atoms with E-state index in [-0.39, 0.29) is 23.8 Å². The van der Waals surface area contributed by atoms with Crippen LogP contribution in [0.15, 0.2) is 109 Å². The molecule has 1 fully saturated rings. The molecule has 1 aromatic heterocycles. The molecule has 3 aromatic carbocycles. The van der Waals surface area contributed by atoms with E-state index in [1.807, 2.05) is 54.6 Å². The lowest BCUT2D eigenvalue weighted by molar-refractivity contribution is -0.0928. The Morgan fingerprint density at radius 2 is 1.78 bits per heavy atom. The van der Waals surface area contributed by atoms with Gasteiger partial charge >= 0.3 is 0 Å². The van der Waals surface area contributed by atoms with Gasteiger partial charge in [-0.25, -0.2) is 0 Å². The predicted octanol–water partition coefficient (Wildman–Crippen LogP) is 7.80. The average molecular weight is 704 g/mol. The zero-order valence-corrected chi connectivity index (χ0v) is 29.7. The zero-order valence-electron chi connectivity index (χ0n) is 28.9. The van der Waals surface area contributed by atoms with E-state index in [4.69, 9.17) is 25.8 Å². The third kappa shape index (κ3) is 7.93. The minimum absolute atomic E-state index is 0.0955. The van der Waals surface area contributed by atoms with Crippen LogP contribution in [0.25, 0.3) is 5.57 Å². The van der Waals surface area contributed by atoms with Gasteiger partial charge in [-0.2, -0.15) is 5.26 Å². The van der Waals surface area contributed by atoms with Gasteiger partial charge in [0.2, 0.25) is 0 Å². The lowest BCUT2D eigenvalue weighted by atomic mass is 9.65. The van der Waals surface area contributed by atoms with Crippen molar-refractivity contribution < 1.29 is 24.1 Å². The molecule has 8 nitrogen and oxygen atoms in total. The molecular formula is C42H42ClN3O5. The fourth-order valence-corrected chi connectivity index (χ4v) is 7.18. The van der Waals surface area contributed by atoms with Gasteiger partial charge in [-0.15, -0.1) is 0 Å². The Morgan fingerprint density at radius 3 is 2.53 bits per heavy atom. The van der Waals surface area contributed by atoms with Crippen molar-refractivity contribution >= 4 is 23.5 Å². The van der Waals surface area contributed by atoms with Crippen molar-refractivity contribution in [2.24, 2.45) is 5.41 Å². The number of carbonyl (C=O) groups excluding carboxylic acids is 1. The number of carbonyl (C=O) groups is 1. The van der Waals surface area contributed by atoms with Crippen LogP contribution in [0.5, 0.6) is 11.5 Å². The monoisotopic (exact) mass is 703 g/mol. The summed E-state index contributed by atoms with van der Waals surface area (Å²) in [5.41, 5.74) is 2.26. The molecule has 6 rings (SSSR count). The molecule has 0 spiro atoms. The lowest BCUT2D eigenvalue weighted by Crippen LogP contribution is -2.52. The SMILES string of the molecule is CC1(C)C(c2ccccc2)=CC=CC1(COc1cc(OCc2cncc(C#N)c2)c(C=O)cc1Cl)OCCCN1CCC(O)(c2ccccc2)C1. The smallest absolute Gasteiger partial charge is 0.153 e. The summed E-state index contributed by atoms with van der Waals surface area (Å²) in [6.45, 7) is 7.18. The third-order valence-electron chi connectivity index (χ3n) is 10.0. The number of aldehydes is 1. The molecule has 2 unspecified atom stereocenters. The highest BCUT2D eigenvalue weighted by Crippen LogP contribution is 2.49. The Balaban J connectivity index is 1.19. The van der Waals surface area contributed by atoms with Crippen LogP contribution < -0.4 is 9.47 Å². The number of ether oxygens (including phenoxy) is 3. The number of aliphatic hydroxyl groups is 1. The highest BCUT2D eigenvalue weighted by Gasteiger charge is 2.49. The van der Waals surface area contributed by atoms with Gasteiger partial charge in [0.25, 0.3) is 0 Å². The Labute approximate surface area is 304 Å². The largest absolute Gasteiger partial charge is 0.488 e. The summed E-state index contributed by atoms with van der Waals surface area (Å²) in [4.78, 5) is 18.4. The van der Waals surface area contributed by atoms with Gasteiger partial charge in [0.05, 0.1) is 16.1 Å². The summed E-state index contributed by atoms with van der Waals surface area (Å²) in [7, 11) is 0. The molecule has 0 amide bonds. The fraction of sp³-hybridized carbons (Fsp3) is 0.310. The summed E-state index contributed by atoms with van der Waals surface area (Å²) < 4.78 is 19.4. The first-order chi connectivity index (χ1) is 24.7. The van der Waals surface area contributed by atoms with Crippen molar-refractivity contribution in [2.75, 3.05) is 32.8 Å². The summed E-state index contributed by atoms with van der Waals surface area (Å²) in [6, 6.07) is 27.0. The zero-order chi connectivity index (χ0) is 35.9. The molecule has 1 saturated heterocycles. The minimum Gasteiger partial charge on any atom is -0.488 e. The van der Waals surface area contributed by atoms with E-state index < -0.39 is 16.6 Å². The van der Waals surface area contributed by atoms with Crippen molar-refractivity contribution in [1.29, 1.82) is 5.26 Å². The van der Waals surface area contributed by atoms with E-state index in [1.54, 1.807) is 18.3 Å². The second kappa shape index (κ2) is 15.6. The van der Waals surface area contributed by atoms with Crippen LogP contribution in [0.1, 0.15) is 59.3 Å². The number of rotatable bonds is 14. The van der Waals surface area contributed by atoms with Crippen LogP contribution in [0.4, 0.5) is 0 Å². The number of benzene rings is 3. The Kier molecular flexibility index (Phi) is 11.0. The van der Waals surface area contributed by atoms with Crippen molar-refractivity contribution in [3.8, 4) is 17.6 Å². The summed E-state index contributed by atoms with van der Waals surface area (Å²) in [5, 5.41) is 20.9. The van der Waals surface area contributed by atoms with Gasteiger partial charge in [0, 0.05) is 55.7 Å². The maximum Gasteiger partial charge on any atom is 0.153 e. The van der Waals surface area contributed by atoms with Crippen LogP contribution >= 0.6 is 11.6 Å². The topological polar surface area (TPSA) is 105 Å². The Morgan fingerprint density at radius 1 is 1.02 bits per heavy atom. The molecule has 0 saturated carbocycles. The molecular weight excluding hydrogens is 662 g/mol. The number of halogens is 1. The molecule has 2 heterocycles. The van der Waals surface area contributed by atoms with Gasteiger partial charge in [-0.3, -0.25) is 14.7 Å². The van der Waals surface area contributed by atoms with E-state index in [0.717, 1.165) is 36.2 Å². The third-order valence-corrected chi connectivity index (χ3v) is 10.3. The standard InChI is InChI=1S/C42H42ClN3O5/c1-40(2)36(33-11-5-3-6-12-33)15-9-16-42(40,51-20-10-18-46-19-17-41(48,29-46)35-13-7-4-8-14-35)30-50-39-23-38(34(27-47)22-37(39)43)49-28-32-21-31(24-44)25-45-26-32/h3-9,11-16,21-23,25-27,48H,10,17-20,28-30H2,1-2H3. The van der Waals surface area contributed by atoms with Crippen LogP contribution in [-0.2, 0) is 16.9 Å². The van der Waals surface area contributed by atoms with Gasteiger partial charge in [-0.05, 0) is 47.8 Å². The van der Waals surface area contributed by atoms with E-state index >= 15 is 0 Å². The number of β-amino-alcohol motifs (C(OH)–C–C–N with tert-alkyl or cyclic N) is 1. The second-order valence-electron chi connectivity index (χ2n) is 13.7. The van der Waals surface area contributed by atoms with Crippen molar-refractivity contribution in [1.82, 2.24) is 9.88 Å². The molecule has 2 aliphatic rings. The molecule has 0 radical (unpaired) electrons. The summed E-state index contributed by atoms with van der Waals surface area (Å²) in [5.74, 6) is 0.646. The highest BCUT2D eigenvalue weighted by atomic mass is 35.5. The second-order valence-corrected chi connectivity index (χ2v) is 14.1. The molecule has 0 bridgehead atoms. The fourth-order valence-electron chi connectivity index (χ4n) is 6.96. The van der Waals surface area contributed by atoms with Crippen molar-refractivity contribution in [3.63, 3.8) is 0 Å². The van der Waals surface area contributed by atoms with E-state index in [9.17, 15) is 15.2 Å². The summed E-state index contributed by atoms with van der Waals surface area (Å²) in [6.07, 6.45) is 11.4. The van der Waals surface area contributed by atoms with Gasteiger partial charge < -0.3 is 19.3 Å².